The van der Waals surface area contributed by atoms with E-state index in [0.29, 0.717) is 0 Å². The first-order chi connectivity index (χ1) is 6.07. The van der Waals surface area contributed by atoms with E-state index in [2.05, 4.69) is 0 Å². The highest BCUT2D eigenvalue weighted by Crippen LogP contribution is 2.17. The summed E-state index contributed by atoms with van der Waals surface area (Å²) in [5.74, 6) is -0.884. The van der Waals surface area contributed by atoms with E-state index < -0.39 is 19.5 Å². The van der Waals surface area contributed by atoms with Gasteiger partial charge in [-0.3, -0.25) is 0 Å². The number of aliphatic hydroxyl groups is 1. The topological polar surface area (TPSA) is 60.7 Å². The SMILES string of the molecule is OCc1c(Cl)ccc(B(O)O)c1F. The zero-order valence-corrected chi connectivity index (χ0v) is 7.29. The van der Waals surface area contributed by atoms with E-state index in [-0.39, 0.29) is 16.0 Å². The van der Waals surface area contributed by atoms with Crippen molar-refractivity contribution in [3.05, 3.63) is 28.5 Å². The Labute approximate surface area is 79.5 Å². The summed E-state index contributed by atoms with van der Waals surface area (Å²) in [6.45, 7) is -0.578. The van der Waals surface area contributed by atoms with Gasteiger partial charge in [0.05, 0.1) is 6.61 Å². The first-order valence-electron chi connectivity index (χ1n) is 3.51. The Morgan fingerprint density at radius 2 is 2.00 bits per heavy atom. The number of halogens is 2. The highest BCUT2D eigenvalue weighted by atomic mass is 35.5. The summed E-state index contributed by atoms with van der Waals surface area (Å²) in [5, 5.41) is 26.2. The van der Waals surface area contributed by atoms with Crippen molar-refractivity contribution in [2.24, 2.45) is 0 Å². The highest BCUT2D eigenvalue weighted by Gasteiger charge is 2.20. The van der Waals surface area contributed by atoms with Gasteiger partial charge in [-0.05, 0) is 6.07 Å². The van der Waals surface area contributed by atoms with Crippen LogP contribution in [0.15, 0.2) is 12.1 Å². The first kappa shape index (κ1) is 10.5. The molecule has 0 bridgehead atoms. The van der Waals surface area contributed by atoms with Crippen molar-refractivity contribution in [1.82, 2.24) is 0 Å². The van der Waals surface area contributed by atoms with Crippen LogP contribution in [0.5, 0.6) is 0 Å². The van der Waals surface area contributed by atoms with E-state index in [1.807, 2.05) is 0 Å². The average molecular weight is 204 g/mol. The van der Waals surface area contributed by atoms with Gasteiger partial charge in [-0.25, -0.2) is 4.39 Å². The standard InChI is InChI=1S/C7H7BClFO3/c9-6-2-1-5(8(12)13)7(10)4(6)3-11/h1-2,11-13H,3H2. The fourth-order valence-corrected chi connectivity index (χ4v) is 1.17. The summed E-state index contributed by atoms with van der Waals surface area (Å²) in [6.07, 6.45) is 0. The molecule has 0 saturated carbocycles. The van der Waals surface area contributed by atoms with Crippen LogP contribution in [0.1, 0.15) is 5.56 Å². The molecule has 3 nitrogen and oxygen atoms in total. The maximum atomic E-state index is 13.2. The minimum atomic E-state index is -1.90. The Hall–Kier alpha value is -0.615. The minimum Gasteiger partial charge on any atom is -0.423 e. The molecule has 0 saturated heterocycles. The molecule has 1 rings (SSSR count). The van der Waals surface area contributed by atoms with E-state index in [1.165, 1.54) is 6.07 Å². The number of rotatable bonds is 2. The molecule has 0 atom stereocenters. The van der Waals surface area contributed by atoms with Gasteiger partial charge in [-0.1, -0.05) is 17.7 Å². The summed E-state index contributed by atoms with van der Waals surface area (Å²) < 4.78 is 13.2. The van der Waals surface area contributed by atoms with Gasteiger partial charge >= 0.3 is 7.12 Å². The third kappa shape index (κ3) is 2.00. The van der Waals surface area contributed by atoms with Crippen LogP contribution in [0.4, 0.5) is 4.39 Å². The van der Waals surface area contributed by atoms with Crippen molar-refractivity contribution in [3.63, 3.8) is 0 Å². The van der Waals surface area contributed by atoms with Crippen LogP contribution in [0.2, 0.25) is 5.02 Å². The molecule has 0 aliphatic carbocycles. The van der Waals surface area contributed by atoms with E-state index in [1.54, 1.807) is 0 Å². The summed E-state index contributed by atoms with van der Waals surface area (Å²) in [4.78, 5) is 0. The lowest BCUT2D eigenvalue weighted by molar-refractivity contribution is 0.276. The second-order valence-corrected chi connectivity index (χ2v) is 2.87. The number of benzene rings is 1. The van der Waals surface area contributed by atoms with Gasteiger partial charge in [-0.2, -0.15) is 0 Å². The smallest absolute Gasteiger partial charge is 0.423 e. The van der Waals surface area contributed by atoms with Crippen molar-refractivity contribution >= 4 is 24.2 Å². The van der Waals surface area contributed by atoms with Crippen molar-refractivity contribution in [1.29, 1.82) is 0 Å². The van der Waals surface area contributed by atoms with Gasteiger partial charge in [-0.15, -0.1) is 0 Å². The van der Waals surface area contributed by atoms with Crippen molar-refractivity contribution in [3.8, 4) is 0 Å². The summed E-state index contributed by atoms with van der Waals surface area (Å²) >= 11 is 5.54. The number of aliphatic hydroxyl groups excluding tert-OH is 1. The molecule has 0 spiro atoms. The third-order valence-corrected chi connectivity index (χ3v) is 2.01. The predicted octanol–water partition coefficient (Wildman–Crippen LogP) is -0.349. The van der Waals surface area contributed by atoms with E-state index in [4.69, 9.17) is 26.8 Å². The fourth-order valence-electron chi connectivity index (χ4n) is 0.960. The monoisotopic (exact) mass is 204 g/mol. The van der Waals surface area contributed by atoms with E-state index >= 15 is 0 Å². The van der Waals surface area contributed by atoms with Crippen LogP contribution in [0.3, 0.4) is 0 Å². The summed E-state index contributed by atoms with van der Waals surface area (Å²) in [5.41, 5.74) is -0.430. The Morgan fingerprint density at radius 1 is 1.38 bits per heavy atom. The minimum absolute atomic E-state index is 0.0596. The second kappa shape index (κ2) is 4.06. The lowest BCUT2D eigenvalue weighted by atomic mass is 9.79. The van der Waals surface area contributed by atoms with Gasteiger partial charge in [0, 0.05) is 16.0 Å². The molecule has 1 aromatic rings. The summed E-state index contributed by atoms with van der Waals surface area (Å²) in [7, 11) is -1.90. The fraction of sp³-hybridized carbons (Fsp3) is 0.143. The molecule has 0 radical (unpaired) electrons. The van der Waals surface area contributed by atoms with Crippen LogP contribution in [-0.4, -0.2) is 22.3 Å². The molecular formula is C7H7BClFO3. The maximum Gasteiger partial charge on any atom is 0.491 e. The van der Waals surface area contributed by atoms with Crippen molar-refractivity contribution in [2.75, 3.05) is 0 Å². The summed E-state index contributed by atoms with van der Waals surface area (Å²) in [6, 6.07) is 2.45. The first-order valence-corrected chi connectivity index (χ1v) is 3.89. The molecule has 0 aromatic heterocycles. The van der Waals surface area contributed by atoms with Crippen LogP contribution in [-0.2, 0) is 6.61 Å². The van der Waals surface area contributed by atoms with E-state index in [9.17, 15) is 4.39 Å². The molecule has 0 amide bonds. The zero-order valence-electron chi connectivity index (χ0n) is 6.54. The molecule has 1 aromatic carbocycles. The lowest BCUT2D eigenvalue weighted by Gasteiger charge is -2.07. The largest absolute Gasteiger partial charge is 0.491 e. The van der Waals surface area contributed by atoms with Crippen LogP contribution < -0.4 is 5.46 Å². The van der Waals surface area contributed by atoms with Gasteiger partial charge in [0.2, 0.25) is 0 Å². The van der Waals surface area contributed by atoms with Crippen LogP contribution in [0, 0.1) is 5.82 Å². The second-order valence-electron chi connectivity index (χ2n) is 2.46. The molecule has 0 unspecified atom stereocenters. The van der Waals surface area contributed by atoms with Crippen molar-refractivity contribution < 1.29 is 19.5 Å². The Balaban J connectivity index is 3.27. The van der Waals surface area contributed by atoms with Gasteiger partial charge in [0.1, 0.15) is 5.82 Å². The molecule has 6 heteroatoms. The maximum absolute atomic E-state index is 13.2. The van der Waals surface area contributed by atoms with Gasteiger partial charge in [0.25, 0.3) is 0 Å². The zero-order chi connectivity index (χ0) is 10.0. The van der Waals surface area contributed by atoms with Crippen molar-refractivity contribution in [2.45, 2.75) is 6.61 Å². The molecule has 0 fully saturated rings. The quantitative estimate of drug-likeness (QED) is 0.577. The predicted molar refractivity (Wildman–Crippen MR) is 47.2 cm³/mol. The number of hydrogen-bond acceptors (Lipinski definition) is 3. The van der Waals surface area contributed by atoms with Crippen LogP contribution in [0.25, 0.3) is 0 Å². The molecule has 0 aliphatic heterocycles. The molecule has 70 valence electrons. The Bertz CT molecular complexity index is 319. The van der Waals surface area contributed by atoms with Crippen LogP contribution >= 0.6 is 11.6 Å². The Morgan fingerprint density at radius 3 is 2.46 bits per heavy atom. The van der Waals surface area contributed by atoms with Gasteiger partial charge in [0.15, 0.2) is 0 Å². The lowest BCUT2D eigenvalue weighted by Crippen LogP contribution is -2.33. The molecule has 0 heterocycles. The molecule has 13 heavy (non-hydrogen) atoms. The molecule has 3 N–H and O–H groups in total. The average Bonchev–Trinajstić information content (AvgIpc) is 2.04. The third-order valence-electron chi connectivity index (χ3n) is 1.65. The highest BCUT2D eigenvalue weighted by molar-refractivity contribution is 6.58. The normalized spacial score (nSPS) is 10.2. The molecular weight excluding hydrogens is 197 g/mol. The Kier molecular flexibility index (Phi) is 3.27. The van der Waals surface area contributed by atoms with E-state index in [0.717, 1.165) is 6.07 Å². The number of hydrogen-bond donors (Lipinski definition) is 3. The van der Waals surface area contributed by atoms with Gasteiger partial charge < -0.3 is 15.2 Å². The molecule has 0 aliphatic rings.